The summed E-state index contributed by atoms with van der Waals surface area (Å²) in [5, 5.41) is 0. The highest BCUT2D eigenvalue weighted by atomic mass is 32.2. The molecule has 9 heteroatoms. The van der Waals surface area contributed by atoms with Crippen molar-refractivity contribution in [2.45, 2.75) is 6.54 Å². The molecular weight excluding hydrogens is 301 g/mol. The average molecular weight is 315 g/mol. The molecule has 0 saturated heterocycles. The lowest BCUT2D eigenvalue weighted by Crippen LogP contribution is -2.39. The SMILES string of the molecule is COC(=O)NS(=O)(=O)NCc1cc(C#CCN)ccc1F. The third-order valence-electron chi connectivity index (χ3n) is 2.24. The first-order valence-corrected chi connectivity index (χ1v) is 7.19. The van der Waals surface area contributed by atoms with Crippen LogP contribution in [0.4, 0.5) is 9.18 Å². The molecule has 1 aromatic carbocycles. The van der Waals surface area contributed by atoms with Gasteiger partial charge < -0.3 is 10.5 Å². The molecule has 1 aromatic rings. The number of hydrogen-bond acceptors (Lipinski definition) is 5. The van der Waals surface area contributed by atoms with E-state index in [2.05, 4.69) is 16.6 Å². The molecule has 0 spiro atoms. The van der Waals surface area contributed by atoms with Crippen LogP contribution < -0.4 is 15.2 Å². The summed E-state index contributed by atoms with van der Waals surface area (Å²) in [6.45, 7) is -0.196. The molecule has 0 fully saturated rings. The van der Waals surface area contributed by atoms with Gasteiger partial charge in [0.05, 0.1) is 13.7 Å². The molecule has 1 rings (SSSR count). The second-order valence-corrected chi connectivity index (χ2v) is 5.23. The van der Waals surface area contributed by atoms with E-state index in [1.807, 2.05) is 4.72 Å². The van der Waals surface area contributed by atoms with Crippen LogP contribution in [-0.2, 0) is 21.5 Å². The fourth-order valence-corrected chi connectivity index (χ4v) is 2.02. The number of nitrogens with one attached hydrogen (secondary N) is 2. The first-order chi connectivity index (χ1) is 9.88. The molecule has 0 aliphatic rings. The van der Waals surface area contributed by atoms with Crippen molar-refractivity contribution < 1.29 is 22.3 Å². The average Bonchev–Trinajstić information content (AvgIpc) is 2.44. The summed E-state index contributed by atoms with van der Waals surface area (Å²) >= 11 is 0. The topological polar surface area (TPSA) is 111 Å². The number of methoxy groups -OCH3 is 1. The smallest absolute Gasteiger partial charge is 0.421 e. The molecule has 114 valence electrons. The predicted molar refractivity (Wildman–Crippen MR) is 73.6 cm³/mol. The Labute approximate surface area is 121 Å². The maximum absolute atomic E-state index is 13.6. The first-order valence-electron chi connectivity index (χ1n) is 5.70. The largest absolute Gasteiger partial charge is 0.452 e. The number of ether oxygens (including phenoxy) is 1. The molecule has 0 saturated carbocycles. The van der Waals surface area contributed by atoms with Crippen LogP contribution in [0.15, 0.2) is 18.2 Å². The van der Waals surface area contributed by atoms with E-state index in [1.54, 1.807) is 4.72 Å². The molecule has 1 amide bonds. The number of halogens is 1. The molecule has 0 aliphatic heterocycles. The highest BCUT2D eigenvalue weighted by molar-refractivity contribution is 7.88. The Hall–Kier alpha value is -2.15. The molecule has 0 unspecified atom stereocenters. The van der Waals surface area contributed by atoms with Crippen LogP contribution in [0.2, 0.25) is 0 Å². The molecular formula is C12H14FN3O4S. The van der Waals surface area contributed by atoms with Gasteiger partial charge in [-0.2, -0.15) is 13.1 Å². The van der Waals surface area contributed by atoms with Gasteiger partial charge in [0.15, 0.2) is 0 Å². The van der Waals surface area contributed by atoms with Crippen molar-refractivity contribution in [1.29, 1.82) is 0 Å². The highest BCUT2D eigenvalue weighted by Gasteiger charge is 2.15. The van der Waals surface area contributed by atoms with Crippen LogP contribution in [0, 0.1) is 17.7 Å². The van der Waals surface area contributed by atoms with Gasteiger partial charge in [-0.25, -0.2) is 13.9 Å². The molecule has 4 N–H and O–H groups in total. The van der Waals surface area contributed by atoms with E-state index in [0.29, 0.717) is 5.56 Å². The van der Waals surface area contributed by atoms with Gasteiger partial charge in [-0.05, 0) is 18.2 Å². The van der Waals surface area contributed by atoms with Gasteiger partial charge in [-0.1, -0.05) is 11.8 Å². The summed E-state index contributed by atoms with van der Waals surface area (Å²) in [5.41, 5.74) is 5.80. The lowest BCUT2D eigenvalue weighted by molar-refractivity contribution is 0.177. The zero-order chi connectivity index (χ0) is 15.9. The Kier molecular flexibility index (Phi) is 6.10. The Morgan fingerprint density at radius 1 is 1.48 bits per heavy atom. The van der Waals surface area contributed by atoms with E-state index in [-0.39, 0.29) is 18.7 Å². The monoisotopic (exact) mass is 315 g/mol. The van der Waals surface area contributed by atoms with Gasteiger partial charge in [0.25, 0.3) is 0 Å². The van der Waals surface area contributed by atoms with Gasteiger partial charge in [-0.15, -0.1) is 0 Å². The van der Waals surface area contributed by atoms with Crippen molar-refractivity contribution in [2.75, 3.05) is 13.7 Å². The lowest BCUT2D eigenvalue weighted by Gasteiger charge is -2.08. The molecule has 21 heavy (non-hydrogen) atoms. The first kappa shape index (κ1) is 16.9. The van der Waals surface area contributed by atoms with Crippen LogP contribution in [0.5, 0.6) is 0 Å². The van der Waals surface area contributed by atoms with Crippen molar-refractivity contribution in [1.82, 2.24) is 9.44 Å². The number of carbonyl (C=O) groups excluding carboxylic acids is 1. The standard InChI is InChI=1S/C12H14FN3O4S/c1-20-12(17)16-21(18,19)15-8-10-7-9(3-2-6-14)4-5-11(10)13/h4-5,7,15H,6,8,14H2,1H3,(H,16,17). The lowest BCUT2D eigenvalue weighted by atomic mass is 10.1. The number of rotatable bonds is 4. The number of carbonyl (C=O) groups is 1. The van der Waals surface area contributed by atoms with E-state index in [4.69, 9.17) is 5.73 Å². The Morgan fingerprint density at radius 2 is 2.19 bits per heavy atom. The Bertz CT molecular complexity index is 679. The molecule has 0 heterocycles. The number of nitrogens with two attached hydrogens (primary N) is 1. The van der Waals surface area contributed by atoms with E-state index >= 15 is 0 Å². The molecule has 7 nitrogen and oxygen atoms in total. The maximum atomic E-state index is 13.6. The van der Waals surface area contributed by atoms with Gasteiger partial charge >= 0.3 is 16.3 Å². The van der Waals surface area contributed by atoms with Crippen LogP contribution in [0.3, 0.4) is 0 Å². The third-order valence-corrected chi connectivity index (χ3v) is 3.20. The van der Waals surface area contributed by atoms with Gasteiger partial charge in [-0.3, -0.25) is 0 Å². The van der Waals surface area contributed by atoms with Crippen molar-refractivity contribution in [3.8, 4) is 11.8 Å². The summed E-state index contributed by atoms with van der Waals surface area (Å²) in [6, 6.07) is 4.00. The molecule has 0 aliphatic carbocycles. The number of hydrogen-bond donors (Lipinski definition) is 3. The van der Waals surface area contributed by atoms with Gasteiger partial charge in [0.1, 0.15) is 5.82 Å². The minimum absolute atomic E-state index is 0.0778. The molecule has 0 radical (unpaired) electrons. The molecule has 0 bridgehead atoms. The predicted octanol–water partition coefficient (Wildman–Crippen LogP) is -0.174. The Balaban J connectivity index is 2.81. The van der Waals surface area contributed by atoms with Crippen LogP contribution in [0.1, 0.15) is 11.1 Å². The molecule has 0 atom stereocenters. The van der Waals surface area contributed by atoms with Crippen LogP contribution in [-0.4, -0.2) is 28.2 Å². The van der Waals surface area contributed by atoms with Gasteiger partial charge in [0.2, 0.25) is 0 Å². The van der Waals surface area contributed by atoms with E-state index in [9.17, 15) is 17.6 Å². The zero-order valence-electron chi connectivity index (χ0n) is 11.1. The summed E-state index contributed by atoms with van der Waals surface area (Å²) in [4.78, 5) is 10.8. The Morgan fingerprint density at radius 3 is 2.81 bits per heavy atom. The summed E-state index contributed by atoms with van der Waals surface area (Å²) in [6.07, 6.45) is -1.15. The second-order valence-electron chi connectivity index (χ2n) is 3.73. The van der Waals surface area contributed by atoms with E-state index in [0.717, 1.165) is 13.2 Å². The second kappa shape index (κ2) is 7.58. The minimum Gasteiger partial charge on any atom is -0.452 e. The third kappa shape index (κ3) is 5.78. The highest BCUT2D eigenvalue weighted by Crippen LogP contribution is 2.10. The van der Waals surface area contributed by atoms with Crippen molar-refractivity contribution in [3.05, 3.63) is 35.1 Å². The van der Waals surface area contributed by atoms with E-state index < -0.39 is 22.1 Å². The van der Waals surface area contributed by atoms with Crippen molar-refractivity contribution in [3.63, 3.8) is 0 Å². The van der Waals surface area contributed by atoms with Crippen LogP contribution >= 0.6 is 0 Å². The normalized spacial score (nSPS) is 10.4. The van der Waals surface area contributed by atoms with Crippen LogP contribution in [0.25, 0.3) is 0 Å². The summed E-state index contributed by atoms with van der Waals surface area (Å²) < 4.78 is 44.2. The van der Waals surface area contributed by atoms with Crippen molar-refractivity contribution >= 4 is 16.3 Å². The number of amides is 1. The summed E-state index contributed by atoms with van der Waals surface area (Å²) in [7, 11) is -3.12. The minimum atomic E-state index is -4.13. The van der Waals surface area contributed by atoms with E-state index in [1.165, 1.54) is 12.1 Å². The summed E-state index contributed by atoms with van der Waals surface area (Å²) in [5.74, 6) is 4.70. The number of benzene rings is 1. The fraction of sp³-hybridized carbons (Fsp3) is 0.250. The quantitative estimate of drug-likeness (QED) is 0.668. The zero-order valence-corrected chi connectivity index (χ0v) is 12.0. The fourth-order valence-electron chi connectivity index (χ4n) is 1.30. The maximum Gasteiger partial charge on any atom is 0.421 e. The van der Waals surface area contributed by atoms with Crippen molar-refractivity contribution in [2.24, 2.45) is 5.73 Å². The van der Waals surface area contributed by atoms with Gasteiger partial charge in [0, 0.05) is 17.7 Å². The molecule has 0 aromatic heterocycles.